The predicted molar refractivity (Wildman–Crippen MR) is 148 cm³/mol. The van der Waals surface area contributed by atoms with Gasteiger partial charge in [-0.2, -0.15) is 0 Å². The van der Waals surface area contributed by atoms with E-state index in [1.54, 1.807) is 78.9 Å². The smallest absolute Gasteiger partial charge is 0.335 e. The lowest BCUT2D eigenvalue weighted by molar-refractivity contribution is -0.113. The molecule has 0 atom stereocenters. The Kier molecular flexibility index (Phi) is 8.60. The number of halogens is 1. The molecule has 0 aliphatic carbocycles. The Bertz CT molecular complexity index is 1540. The highest BCUT2D eigenvalue weighted by Crippen LogP contribution is 2.27. The molecule has 0 spiro atoms. The lowest BCUT2D eigenvalue weighted by atomic mass is 10.1. The SMILES string of the molecule is COc1ccc(C(=O)O)cc1NC(=O)C(=Cc1cccc(Oc2ccc(Cl)cc2)c1)NC(=O)c1ccccc1. The van der Waals surface area contributed by atoms with Crippen LogP contribution in [-0.2, 0) is 4.79 Å². The van der Waals surface area contributed by atoms with Gasteiger partial charge in [-0.15, -0.1) is 0 Å². The van der Waals surface area contributed by atoms with Crippen molar-refractivity contribution in [3.05, 3.63) is 124 Å². The Labute approximate surface area is 229 Å². The van der Waals surface area contributed by atoms with Crippen molar-refractivity contribution in [2.24, 2.45) is 0 Å². The number of rotatable bonds is 9. The second-order valence-corrected chi connectivity index (χ2v) is 8.62. The lowest BCUT2D eigenvalue weighted by Crippen LogP contribution is -2.30. The fraction of sp³-hybridized carbons (Fsp3) is 0.0333. The molecule has 4 rings (SSSR count). The standard InChI is InChI=1S/C30H23ClN2O6/c1-38-27-15-10-21(30(36)37)18-25(27)32-29(35)26(33-28(34)20-7-3-2-4-8-20)17-19-6-5-9-24(16-19)39-23-13-11-22(31)12-14-23/h2-18H,1H3,(H,32,35)(H,33,34)(H,36,37). The fourth-order valence-corrected chi connectivity index (χ4v) is 3.67. The normalized spacial score (nSPS) is 10.9. The van der Waals surface area contributed by atoms with Crippen LogP contribution in [0.3, 0.4) is 0 Å². The van der Waals surface area contributed by atoms with Crippen molar-refractivity contribution < 1.29 is 29.0 Å². The van der Waals surface area contributed by atoms with Gasteiger partial charge in [0.05, 0.1) is 18.4 Å². The van der Waals surface area contributed by atoms with E-state index in [2.05, 4.69) is 10.6 Å². The third kappa shape index (κ3) is 7.24. The summed E-state index contributed by atoms with van der Waals surface area (Å²) in [5, 5.41) is 15.2. The van der Waals surface area contributed by atoms with Crippen molar-refractivity contribution in [3.8, 4) is 17.2 Å². The van der Waals surface area contributed by atoms with E-state index in [0.717, 1.165) is 0 Å². The molecule has 0 saturated heterocycles. The molecule has 0 radical (unpaired) electrons. The lowest BCUT2D eigenvalue weighted by Gasteiger charge is -2.14. The van der Waals surface area contributed by atoms with Crippen LogP contribution in [0.2, 0.25) is 5.02 Å². The largest absolute Gasteiger partial charge is 0.495 e. The van der Waals surface area contributed by atoms with Crippen LogP contribution in [0.15, 0.2) is 103 Å². The van der Waals surface area contributed by atoms with E-state index in [-0.39, 0.29) is 22.7 Å². The van der Waals surface area contributed by atoms with Gasteiger partial charge in [0.25, 0.3) is 11.8 Å². The van der Waals surface area contributed by atoms with E-state index >= 15 is 0 Å². The minimum Gasteiger partial charge on any atom is -0.495 e. The topological polar surface area (TPSA) is 114 Å². The zero-order chi connectivity index (χ0) is 27.8. The summed E-state index contributed by atoms with van der Waals surface area (Å²) in [5.74, 6) is -1.04. The molecule has 9 heteroatoms. The zero-order valence-corrected chi connectivity index (χ0v) is 21.4. The first-order valence-corrected chi connectivity index (χ1v) is 12.0. The van der Waals surface area contributed by atoms with E-state index in [1.165, 1.54) is 31.4 Å². The van der Waals surface area contributed by atoms with Crippen molar-refractivity contribution in [1.29, 1.82) is 0 Å². The van der Waals surface area contributed by atoms with Gasteiger partial charge in [-0.25, -0.2) is 4.79 Å². The first-order valence-electron chi connectivity index (χ1n) is 11.7. The number of carbonyl (C=O) groups is 3. The highest BCUT2D eigenvalue weighted by Gasteiger charge is 2.18. The van der Waals surface area contributed by atoms with Gasteiger partial charge in [-0.05, 0) is 78.4 Å². The number of anilines is 1. The van der Waals surface area contributed by atoms with E-state index in [4.69, 9.17) is 21.1 Å². The number of carboxylic acid groups (broad SMARTS) is 1. The van der Waals surface area contributed by atoms with Crippen molar-refractivity contribution in [2.45, 2.75) is 0 Å². The van der Waals surface area contributed by atoms with Crippen LogP contribution < -0.4 is 20.1 Å². The van der Waals surface area contributed by atoms with Crippen molar-refractivity contribution in [2.75, 3.05) is 12.4 Å². The number of hydrogen-bond donors (Lipinski definition) is 3. The molecule has 0 heterocycles. The maximum absolute atomic E-state index is 13.4. The summed E-state index contributed by atoms with van der Waals surface area (Å²) in [6, 6.07) is 26.3. The number of benzene rings is 4. The third-order valence-electron chi connectivity index (χ3n) is 5.44. The van der Waals surface area contributed by atoms with Gasteiger partial charge in [-0.1, -0.05) is 41.9 Å². The molecular weight excluding hydrogens is 520 g/mol. The van der Waals surface area contributed by atoms with Crippen molar-refractivity contribution in [3.63, 3.8) is 0 Å². The van der Waals surface area contributed by atoms with Crippen LogP contribution in [-0.4, -0.2) is 30.0 Å². The van der Waals surface area contributed by atoms with Crippen LogP contribution in [0.5, 0.6) is 17.2 Å². The molecule has 0 aliphatic rings. The second-order valence-electron chi connectivity index (χ2n) is 8.18. The van der Waals surface area contributed by atoms with Gasteiger partial charge in [-0.3, -0.25) is 9.59 Å². The van der Waals surface area contributed by atoms with Crippen molar-refractivity contribution >= 4 is 41.1 Å². The molecule has 2 amide bonds. The summed E-state index contributed by atoms with van der Waals surface area (Å²) >= 11 is 5.94. The summed E-state index contributed by atoms with van der Waals surface area (Å²) in [5.41, 5.74) is 0.905. The van der Waals surface area contributed by atoms with Crippen LogP contribution in [0, 0.1) is 0 Å². The molecule has 0 fully saturated rings. The molecule has 8 nitrogen and oxygen atoms in total. The number of hydrogen-bond acceptors (Lipinski definition) is 5. The first kappa shape index (κ1) is 27.0. The quantitative estimate of drug-likeness (QED) is 0.215. The Morgan fingerprint density at radius 1 is 0.821 bits per heavy atom. The molecule has 0 saturated carbocycles. The van der Waals surface area contributed by atoms with Gasteiger partial charge >= 0.3 is 5.97 Å². The summed E-state index contributed by atoms with van der Waals surface area (Å²) in [6.45, 7) is 0. The molecule has 0 unspecified atom stereocenters. The highest BCUT2D eigenvalue weighted by atomic mass is 35.5. The van der Waals surface area contributed by atoms with Crippen molar-refractivity contribution in [1.82, 2.24) is 5.32 Å². The molecular formula is C30H23ClN2O6. The van der Waals surface area contributed by atoms with Crippen LogP contribution >= 0.6 is 11.6 Å². The molecule has 0 bridgehead atoms. The van der Waals surface area contributed by atoms with Gasteiger partial charge in [0, 0.05) is 10.6 Å². The average molecular weight is 543 g/mol. The van der Waals surface area contributed by atoms with Gasteiger partial charge < -0.3 is 25.2 Å². The Hall–Kier alpha value is -5.08. The highest BCUT2D eigenvalue weighted by molar-refractivity contribution is 6.30. The fourth-order valence-electron chi connectivity index (χ4n) is 3.54. The van der Waals surface area contributed by atoms with Gasteiger partial charge in [0.1, 0.15) is 22.9 Å². The summed E-state index contributed by atoms with van der Waals surface area (Å²) in [4.78, 5) is 37.8. The first-order chi connectivity index (χ1) is 18.8. The van der Waals surface area contributed by atoms with Crippen LogP contribution in [0.4, 0.5) is 5.69 Å². The zero-order valence-electron chi connectivity index (χ0n) is 20.7. The molecule has 196 valence electrons. The summed E-state index contributed by atoms with van der Waals surface area (Å²) in [6.07, 6.45) is 1.48. The number of carboxylic acids is 1. The second kappa shape index (κ2) is 12.4. The molecule has 0 aliphatic heterocycles. The molecule has 3 N–H and O–H groups in total. The molecule has 4 aromatic rings. The van der Waals surface area contributed by atoms with E-state index < -0.39 is 17.8 Å². The molecule has 0 aromatic heterocycles. The summed E-state index contributed by atoms with van der Waals surface area (Å²) in [7, 11) is 1.39. The molecule has 4 aromatic carbocycles. The minimum atomic E-state index is -1.17. The van der Waals surface area contributed by atoms with Crippen LogP contribution in [0.1, 0.15) is 26.3 Å². The number of amides is 2. The number of methoxy groups -OCH3 is 1. The third-order valence-corrected chi connectivity index (χ3v) is 5.69. The number of nitrogens with one attached hydrogen (secondary N) is 2. The number of aromatic carboxylic acids is 1. The number of ether oxygens (including phenoxy) is 2. The number of carbonyl (C=O) groups excluding carboxylic acids is 2. The Balaban J connectivity index is 1.66. The Morgan fingerprint density at radius 3 is 2.26 bits per heavy atom. The average Bonchev–Trinajstić information content (AvgIpc) is 2.94. The van der Waals surface area contributed by atoms with E-state index in [0.29, 0.717) is 27.6 Å². The molecule has 39 heavy (non-hydrogen) atoms. The monoisotopic (exact) mass is 542 g/mol. The maximum atomic E-state index is 13.4. The predicted octanol–water partition coefficient (Wildman–Crippen LogP) is 6.25. The summed E-state index contributed by atoms with van der Waals surface area (Å²) < 4.78 is 11.1. The van der Waals surface area contributed by atoms with Gasteiger partial charge in [0.15, 0.2) is 0 Å². The van der Waals surface area contributed by atoms with Gasteiger partial charge in [0.2, 0.25) is 0 Å². The minimum absolute atomic E-state index is 0.0444. The van der Waals surface area contributed by atoms with E-state index in [9.17, 15) is 19.5 Å². The van der Waals surface area contributed by atoms with Crippen LogP contribution in [0.25, 0.3) is 6.08 Å². The Morgan fingerprint density at radius 2 is 1.56 bits per heavy atom. The van der Waals surface area contributed by atoms with E-state index in [1.807, 2.05) is 0 Å². The maximum Gasteiger partial charge on any atom is 0.335 e.